The number of methoxy groups -OCH3 is 1. The third-order valence-electron chi connectivity index (χ3n) is 5.82. The molecule has 2 aromatic carbocycles. The number of nitrogens with two attached hydrogens (primary N) is 1. The van der Waals surface area contributed by atoms with Gasteiger partial charge in [-0.15, -0.1) is 0 Å². The number of carbonyl (C=O) groups excluding carboxylic acids is 1. The van der Waals surface area contributed by atoms with E-state index >= 15 is 0 Å². The van der Waals surface area contributed by atoms with Crippen molar-refractivity contribution in [3.05, 3.63) is 59.4 Å². The van der Waals surface area contributed by atoms with Crippen molar-refractivity contribution in [2.24, 2.45) is 11.7 Å². The molecule has 0 radical (unpaired) electrons. The molecule has 0 spiro atoms. The van der Waals surface area contributed by atoms with Crippen LogP contribution in [0, 0.1) is 11.7 Å². The Morgan fingerprint density at radius 3 is 2.32 bits per heavy atom. The van der Waals surface area contributed by atoms with Gasteiger partial charge in [-0.1, -0.05) is 39.0 Å². The molecule has 7 nitrogen and oxygen atoms in total. The van der Waals surface area contributed by atoms with Crippen LogP contribution in [-0.2, 0) is 27.5 Å². The Labute approximate surface area is 201 Å². The molecule has 34 heavy (non-hydrogen) atoms. The summed E-state index contributed by atoms with van der Waals surface area (Å²) in [6, 6.07) is 11.9. The first kappa shape index (κ1) is 27.6. The molecule has 0 heterocycles. The minimum Gasteiger partial charge on any atom is -0.493 e. The van der Waals surface area contributed by atoms with Gasteiger partial charge >= 0.3 is 0 Å². The van der Waals surface area contributed by atoms with E-state index < -0.39 is 26.5 Å². The van der Waals surface area contributed by atoms with Crippen LogP contribution in [0.3, 0.4) is 0 Å². The zero-order valence-electron chi connectivity index (χ0n) is 20.3. The van der Waals surface area contributed by atoms with Crippen molar-refractivity contribution in [3.8, 4) is 11.5 Å². The van der Waals surface area contributed by atoms with E-state index in [4.69, 9.17) is 15.2 Å². The maximum absolute atomic E-state index is 13.0. The van der Waals surface area contributed by atoms with Crippen LogP contribution >= 0.6 is 0 Å². The maximum atomic E-state index is 13.0. The highest BCUT2D eigenvalue weighted by Crippen LogP contribution is 2.28. The zero-order chi connectivity index (χ0) is 25.4. The normalized spacial score (nSPS) is 13.4. The van der Waals surface area contributed by atoms with Crippen LogP contribution in [0.15, 0.2) is 42.5 Å². The quantitative estimate of drug-likeness (QED) is 0.414. The second-order valence-electron chi connectivity index (χ2n) is 8.42. The Kier molecular flexibility index (Phi) is 9.88. The molecular weight excluding hydrogens is 459 g/mol. The van der Waals surface area contributed by atoms with Gasteiger partial charge in [0.25, 0.3) is 5.91 Å². The summed E-state index contributed by atoms with van der Waals surface area (Å²) < 4.78 is 49.1. The summed E-state index contributed by atoms with van der Waals surface area (Å²) in [5, 5.41) is 2.67. The van der Waals surface area contributed by atoms with Crippen LogP contribution in [-0.4, -0.2) is 45.2 Å². The minimum atomic E-state index is -3.79. The molecule has 0 saturated carbocycles. The number of sulfone groups is 1. The average molecular weight is 495 g/mol. The van der Waals surface area contributed by atoms with Gasteiger partial charge in [-0.05, 0) is 60.6 Å². The molecule has 0 aliphatic carbocycles. The lowest BCUT2D eigenvalue weighted by Gasteiger charge is -2.31. The van der Waals surface area contributed by atoms with Gasteiger partial charge in [0.15, 0.2) is 21.3 Å². The van der Waals surface area contributed by atoms with Gasteiger partial charge in [0.05, 0.1) is 13.7 Å². The van der Waals surface area contributed by atoms with E-state index in [2.05, 4.69) is 5.32 Å². The molecule has 0 saturated heterocycles. The largest absolute Gasteiger partial charge is 0.493 e. The lowest BCUT2D eigenvalue weighted by Crippen LogP contribution is -2.63. The third-order valence-corrected chi connectivity index (χ3v) is 8.26. The number of carbonyl (C=O) groups is 1. The Morgan fingerprint density at radius 2 is 1.74 bits per heavy atom. The fourth-order valence-corrected chi connectivity index (χ4v) is 5.11. The van der Waals surface area contributed by atoms with Gasteiger partial charge in [-0.3, -0.25) is 4.79 Å². The molecule has 3 N–H and O–H groups in total. The van der Waals surface area contributed by atoms with Gasteiger partial charge in [0, 0.05) is 12.3 Å². The van der Waals surface area contributed by atoms with E-state index in [1.807, 2.05) is 12.1 Å². The maximum Gasteiger partial charge on any atom is 0.256 e. The average Bonchev–Trinajstić information content (AvgIpc) is 2.82. The van der Waals surface area contributed by atoms with Crippen molar-refractivity contribution >= 4 is 15.7 Å². The van der Waals surface area contributed by atoms with Crippen LogP contribution in [0.5, 0.6) is 11.5 Å². The number of benzene rings is 2. The van der Waals surface area contributed by atoms with Crippen LogP contribution in [0.2, 0.25) is 0 Å². The van der Waals surface area contributed by atoms with E-state index in [9.17, 15) is 17.6 Å². The topological polar surface area (TPSA) is 108 Å². The molecule has 1 amide bonds. The number of nitrogens with one attached hydrogen (secondary N) is 1. The highest BCUT2D eigenvalue weighted by molar-refractivity contribution is 7.93. The number of amides is 1. The van der Waals surface area contributed by atoms with E-state index in [-0.39, 0.29) is 18.1 Å². The fraction of sp³-hybridized carbons (Fsp3) is 0.480. The van der Waals surface area contributed by atoms with Crippen molar-refractivity contribution in [3.63, 3.8) is 0 Å². The summed E-state index contributed by atoms with van der Waals surface area (Å²) in [5.74, 6) is -0.566. The molecule has 188 valence electrons. The second-order valence-corrected chi connectivity index (χ2v) is 10.9. The summed E-state index contributed by atoms with van der Waals surface area (Å²) in [7, 11) is -2.24. The van der Waals surface area contributed by atoms with Crippen molar-refractivity contribution < 1.29 is 27.1 Å². The highest BCUT2D eigenvalue weighted by Gasteiger charge is 2.48. The molecule has 1 unspecified atom stereocenters. The van der Waals surface area contributed by atoms with Crippen LogP contribution in [0.4, 0.5) is 4.39 Å². The second kappa shape index (κ2) is 12.2. The molecule has 2 rings (SSSR count). The minimum absolute atomic E-state index is 0.211. The van der Waals surface area contributed by atoms with Gasteiger partial charge in [0.1, 0.15) is 5.82 Å². The van der Waals surface area contributed by atoms with Crippen molar-refractivity contribution in [1.29, 1.82) is 0 Å². The van der Waals surface area contributed by atoms with Gasteiger partial charge < -0.3 is 20.5 Å². The Hall–Kier alpha value is -2.65. The van der Waals surface area contributed by atoms with E-state index in [0.29, 0.717) is 24.5 Å². The molecule has 0 bridgehead atoms. The molecule has 1 atom stereocenters. The standard InChI is InChI=1S/C25H35FN2O5S/c1-5-34(30,31)25(27,18(2)3)24(29)28-15-14-20-10-13-22(23(17-20)32-4)33-16-6-7-19-8-11-21(26)12-9-19/h8-13,17-18H,5-7,14-16,27H2,1-4H3,(H,28,29). The molecule has 9 heteroatoms. The Balaban J connectivity index is 1.91. The molecule has 0 aliphatic rings. The smallest absolute Gasteiger partial charge is 0.256 e. The number of rotatable bonds is 13. The van der Waals surface area contributed by atoms with E-state index in [1.54, 1.807) is 39.2 Å². The molecule has 2 aromatic rings. The predicted octanol–water partition coefficient (Wildman–Crippen LogP) is 3.25. The predicted molar refractivity (Wildman–Crippen MR) is 131 cm³/mol. The summed E-state index contributed by atoms with van der Waals surface area (Å²) >= 11 is 0. The molecular formula is C25H35FN2O5S. The van der Waals surface area contributed by atoms with Gasteiger partial charge in [-0.25, -0.2) is 12.8 Å². The highest BCUT2D eigenvalue weighted by atomic mass is 32.2. The molecule has 0 aromatic heterocycles. The number of hydrogen-bond acceptors (Lipinski definition) is 6. The first-order valence-corrected chi connectivity index (χ1v) is 13.0. The molecule has 0 fully saturated rings. The van der Waals surface area contributed by atoms with Crippen molar-refractivity contribution in [2.75, 3.05) is 26.0 Å². The summed E-state index contributed by atoms with van der Waals surface area (Å²) in [4.78, 5) is 10.7. The zero-order valence-corrected chi connectivity index (χ0v) is 21.1. The Bertz CT molecular complexity index is 1060. The summed E-state index contributed by atoms with van der Waals surface area (Å²) in [6.07, 6.45) is 2.00. The fourth-order valence-electron chi connectivity index (χ4n) is 3.56. The number of ether oxygens (including phenoxy) is 2. The first-order valence-electron chi connectivity index (χ1n) is 11.4. The van der Waals surface area contributed by atoms with Crippen molar-refractivity contribution in [2.45, 2.75) is 44.9 Å². The Morgan fingerprint density at radius 1 is 1.09 bits per heavy atom. The summed E-state index contributed by atoms with van der Waals surface area (Å²) in [6.45, 7) is 5.42. The monoisotopic (exact) mass is 494 g/mol. The lowest BCUT2D eigenvalue weighted by atomic mass is 10.0. The molecule has 0 aliphatic heterocycles. The van der Waals surface area contributed by atoms with Crippen molar-refractivity contribution in [1.82, 2.24) is 5.32 Å². The number of halogens is 1. The lowest BCUT2D eigenvalue weighted by molar-refractivity contribution is -0.124. The summed E-state index contributed by atoms with van der Waals surface area (Å²) in [5.41, 5.74) is 8.00. The van der Waals surface area contributed by atoms with E-state index in [1.165, 1.54) is 19.1 Å². The SMILES string of the molecule is CCS(=O)(=O)C(N)(C(=O)NCCc1ccc(OCCCc2ccc(F)cc2)c(OC)c1)C(C)C. The van der Waals surface area contributed by atoms with E-state index in [0.717, 1.165) is 24.0 Å². The van der Waals surface area contributed by atoms with Gasteiger partial charge in [0.2, 0.25) is 4.87 Å². The third kappa shape index (κ3) is 6.70. The van der Waals surface area contributed by atoms with Crippen LogP contribution < -0.4 is 20.5 Å². The number of hydrogen-bond donors (Lipinski definition) is 2. The first-order chi connectivity index (χ1) is 16.0. The number of aryl methyl sites for hydroxylation is 1. The van der Waals surface area contributed by atoms with Crippen LogP contribution in [0.25, 0.3) is 0 Å². The van der Waals surface area contributed by atoms with Gasteiger partial charge in [-0.2, -0.15) is 0 Å². The van der Waals surface area contributed by atoms with Crippen LogP contribution in [0.1, 0.15) is 38.3 Å².